The summed E-state index contributed by atoms with van der Waals surface area (Å²) in [6.45, 7) is 6.17. The Labute approximate surface area is 173 Å². The van der Waals surface area contributed by atoms with E-state index < -0.39 is 0 Å². The summed E-state index contributed by atoms with van der Waals surface area (Å²) in [6, 6.07) is 16.6. The van der Waals surface area contributed by atoms with Crippen molar-refractivity contribution < 1.29 is 9.47 Å². The second-order valence-electron chi connectivity index (χ2n) is 7.74. The molecule has 3 aromatic rings. The lowest BCUT2D eigenvalue weighted by atomic mass is 10.1. The van der Waals surface area contributed by atoms with Gasteiger partial charge in [0.05, 0.1) is 30.8 Å². The summed E-state index contributed by atoms with van der Waals surface area (Å²) in [4.78, 5) is 7.59. The third-order valence-corrected chi connectivity index (χ3v) is 5.85. The van der Waals surface area contributed by atoms with E-state index in [9.17, 15) is 0 Å². The van der Waals surface area contributed by atoms with Crippen LogP contribution in [0.5, 0.6) is 11.5 Å². The predicted molar refractivity (Wildman–Crippen MR) is 117 cm³/mol. The van der Waals surface area contributed by atoms with Crippen molar-refractivity contribution in [2.24, 2.45) is 0 Å². The van der Waals surface area contributed by atoms with E-state index in [4.69, 9.17) is 14.5 Å². The first kappa shape index (κ1) is 19.8. The topological polar surface area (TPSA) is 39.5 Å². The second-order valence-corrected chi connectivity index (χ2v) is 7.74. The van der Waals surface area contributed by atoms with Crippen LogP contribution in [0.2, 0.25) is 0 Å². The van der Waals surface area contributed by atoms with E-state index in [1.54, 1.807) is 7.11 Å². The molecule has 1 aliphatic rings. The highest BCUT2D eigenvalue weighted by Crippen LogP contribution is 2.28. The minimum Gasteiger partial charge on any atom is -0.493 e. The van der Waals surface area contributed by atoms with Gasteiger partial charge in [-0.1, -0.05) is 30.7 Å². The average molecular weight is 394 g/mol. The second kappa shape index (κ2) is 9.31. The molecule has 0 saturated carbocycles. The van der Waals surface area contributed by atoms with Crippen molar-refractivity contribution in [3.05, 3.63) is 54.4 Å². The number of piperidine rings is 1. The Morgan fingerprint density at radius 2 is 1.69 bits per heavy atom. The number of aromatic nitrogens is 2. The summed E-state index contributed by atoms with van der Waals surface area (Å²) in [5, 5.41) is 0. The molecule has 5 nitrogen and oxygen atoms in total. The van der Waals surface area contributed by atoms with Crippen LogP contribution in [0.3, 0.4) is 0 Å². The van der Waals surface area contributed by atoms with Crippen LogP contribution in [-0.2, 0) is 6.54 Å². The van der Waals surface area contributed by atoms with Crippen molar-refractivity contribution in [2.45, 2.75) is 45.2 Å². The number of fused-ring (bicyclic) bond motifs is 1. The van der Waals surface area contributed by atoms with Crippen LogP contribution in [0.1, 0.15) is 44.5 Å². The summed E-state index contributed by atoms with van der Waals surface area (Å²) in [5.74, 6) is 2.75. The van der Waals surface area contributed by atoms with E-state index in [0.717, 1.165) is 30.0 Å². The number of para-hydroxylation sites is 4. The molecule has 29 heavy (non-hydrogen) atoms. The molecule has 1 atom stereocenters. The van der Waals surface area contributed by atoms with E-state index in [-0.39, 0.29) is 0 Å². The number of hydrogen-bond acceptors (Lipinski definition) is 4. The third kappa shape index (κ3) is 4.40. The number of hydrogen-bond donors (Lipinski definition) is 0. The molecule has 1 saturated heterocycles. The summed E-state index contributed by atoms with van der Waals surface area (Å²) in [5.41, 5.74) is 2.29. The third-order valence-electron chi connectivity index (χ3n) is 5.85. The van der Waals surface area contributed by atoms with Gasteiger partial charge in [-0.3, -0.25) is 4.90 Å². The van der Waals surface area contributed by atoms with Crippen LogP contribution in [-0.4, -0.2) is 41.3 Å². The lowest BCUT2D eigenvalue weighted by molar-refractivity contribution is 0.165. The van der Waals surface area contributed by atoms with Crippen molar-refractivity contribution in [3.63, 3.8) is 0 Å². The molecule has 2 heterocycles. The molecule has 0 bridgehead atoms. The fourth-order valence-electron chi connectivity index (χ4n) is 4.26. The van der Waals surface area contributed by atoms with E-state index in [2.05, 4.69) is 40.7 Å². The van der Waals surface area contributed by atoms with Gasteiger partial charge in [-0.05, 0) is 63.5 Å². The quantitative estimate of drug-likeness (QED) is 0.502. The molecule has 0 N–H and O–H groups in total. The highest BCUT2D eigenvalue weighted by Gasteiger charge is 2.23. The largest absolute Gasteiger partial charge is 0.493 e. The molecule has 0 unspecified atom stereocenters. The van der Waals surface area contributed by atoms with Crippen LogP contribution in [0.25, 0.3) is 11.0 Å². The highest BCUT2D eigenvalue weighted by atomic mass is 16.5. The number of ether oxygens (including phenoxy) is 2. The zero-order valence-electron chi connectivity index (χ0n) is 17.5. The number of imidazole rings is 1. The normalized spacial score (nSPS) is 16.1. The lowest BCUT2D eigenvalue weighted by Crippen LogP contribution is -2.33. The fraction of sp³-hybridized carbons (Fsp3) is 0.458. The molecule has 0 amide bonds. The van der Waals surface area contributed by atoms with Crippen molar-refractivity contribution in [2.75, 3.05) is 26.8 Å². The molecule has 4 rings (SSSR count). The minimum absolute atomic E-state index is 0.331. The van der Waals surface area contributed by atoms with Gasteiger partial charge in [0.2, 0.25) is 0 Å². The molecule has 5 heteroatoms. The Kier molecular flexibility index (Phi) is 6.35. The Morgan fingerprint density at radius 3 is 2.48 bits per heavy atom. The van der Waals surface area contributed by atoms with E-state index in [1.807, 2.05) is 24.3 Å². The van der Waals surface area contributed by atoms with Crippen LogP contribution in [0.15, 0.2) is 48.5 Å². The van der Waals surface area contributed by atoms with Gasteiger partial charge in [0.15, 0.2) is 11.5 Å². The maximum absolute atomic E-state index is 5.99. The first-order valence-electron chi connectivity index (χ1n) is 10.7. The standard InChI is InChI=1S/C24H31N3O2/c1-19(26-15-8-3-9-16-26)24-25-20-11-4-5-12-21(20)27(24)17-10-18-29-23-14-7-6-13-22(23)28-2/h4-7,11-14,19H,3,8-10,15-18H2,1-2H3/t19-/m1/s1. The molecule has 0 radical (unpaired) electrons. The van der Waals surface area contributed by atoms with Gasteiger partial charge >= 0.3 is 0 Å². The Balaban J connectivity index is 1.48. The number of benzene rings is 2. The van der Waals surface area contributed by atoms with Crippen molar-refractivity contribution in [1.29, 1.82) is 0 Å². The minimum atomic E-state index is 0.331. The summed E-state index contributed by atoms with van der Waals surface area (Å²) < 4.78 is 13.8. The molecule has 1 fully saturated rings. The number of likely N-dealkylation sites (tertiary alicyclic amines) is 1. The zero-order valence-corrected chi connectivity index (χ0v) is 17.5. The van der Waals surface area contributed by atoms with Crippen LogP contribution in [0.4, 0.5) is 0 Å². The van der Waals surface area contributed by atoms with Crippen molar-refractivity contribution >= 4 is 11.0 Å². The average Bonchev–Trinajstić information content (AvgIpc) is 3.15. The predicted octanol–water partition coefficient (Wildman–Crippen LogP) is 5.06. The molecular formula is C24H31N3O2. The van der Waals surface area contributed by atoms with Gasteiger partial charge in [0.25, 0.3) is 0 Å². The Hall–Kier alpha value is -2.53. The number of nitrogens with zero attached hydrogens (tertiary/aromatic N) is 3. The summed E-state index contributed by atoms with van der Waals surface area (Å²) in [7, 11) is 1.67. The van der Waals surface area contributed by atoms with Crippen LogP contribution in [0, 0.1) is 0 Å². The van der Waals surface area contributed by atoms with Gasteiger partial charge in [-0.2, -0.15) is 0 Å². The van der Waals surface area contributed by atoms with Crippen molar-refractivity contribution in [1.82, 2.24) is 14.5 Å². The van der Waals surface area contributed by atoms with Crippen LogP contribution >= 0.6 is 0 Å². The molecular weight excluding hydrogens is 362 g/mol. The monoisotopic (exact) mass is 393 g/mol. The van der Waals surface area contributed by atoms with Gasteiger partial charge in [-0.15, -0.1) is 0 Å². The smallest absolute Gasteiger partial charge is 0.161 e. The van der Waals surface area contributed by atoms with E-state index in [1.165, 1.54) is 43.7 Å². The Morgan fingerprint density at radius 1 is 0.966 bits per heavy atom. The van der Waals surface area contributed by atoms with Gasteiger partial charge in [-0.25, -0.2) is 4.98 Å². The molecule has 0 spiro atoms. The summed E-state index contributed by atoms with van der Waals surface area (Å²) in [6.07, 6.45) is 4.84. The van der Waals surface area contributed by atoms with E-state index in [0.29, 0.717) is 12.6 Å². The highest BCUT2D eigenvalue weighted by molar-refractivity contribution is 5.76. The first-order chi connectivity index (χ1) is 14.3. The number of aryl methyl sites for hydroxylation is 1. The first-order valence-corrected chi connectivity index (χ1v) is 10.7. The molecule has 2 aromatic carbocycles. The molecule has 154 valence electrons. The SMILES string of the molecule is COc1ccccc1OCCCn1c([C@@H](C)N2CCCCC2)nc2ccccc21. The maximum atomic E-state index is 5.99. The van der Waals surface area contributed by atoms with Gasteiger partial charge < -0.3 is 14.0 Å². The maximum Gasteiger partial charge on any atom is 0.161 e. The summed E-state index contributed by atoms with van der Waals surface area (Å²) >= 11 is 0. The van der Waals surface area contributed by atoms with Gasteiger partial charge in [0.1, 0.15) is 5.82 Å². The number of methoxy groups -OCH3 is 1. The fourth-order valence-corrected chi connectivity index (χ4v) is 4.26. The van der Waals surface area contributed by atoms with Gasteiger partial charge in [0, 0.05) is 6.54 Å². The zero-order chi connectivity index (χ0) is 20.1. The molecule has 1 aliphatic heterocycles. The molecule has 1 aromatic heterocycles. The lowest BCUT2D eigenvalue weighted by Gasteiger charge is -2.32. The van der Waals surface area contributed by atoms with Crippen LogP contribution < -0.4 is 9.47 Å². The molecule has 0 aliphatic carbocycles. The number of rotatable bonds is 8. The van der Waals surface area contributed by atoms with E-state index >= 15 is 0 Å². The Bertz CT molecular complexity index is 931. The van der Waals surface area contributed by atoms with Crippen molar-refractivity contribution in [3.8, 4) is 11.5 Å².